The maximum absolute atomic E-state index is 11.5. The third-order valence-corrected chi connectivity index (χ3v) is 6.78. The third-order valence-electron chi connectivity index (χ3n) is 5.95. The Morgan fingerprint density at radius 3 is 1.85 bits per heavy atom. The van der Waals surface area contributed by atoms with Crippen LogP contribution in [0.25, 0.3) is 21.5 Å². The van der Waals surface area contributed by atoms with Crippen LogP contribution in [0.3, 0.4) is 0 Å². The van der Waals surface area contributed by atoms with Crippen LogP contribution in [0, 0.1) is 0 Å². The number of anilines is 2. The Kier molecular flexibility index (Phi) is 8.02. The van der Waals surface area contributed by atoms with Crippen molar-refractivity contribution in [2.45, 2.75) is 4.90 Å². The summed E-state index contributed by atoms with van der Waals surface area (Å²) in [6, 6.07) is 34.2. The van der Waals surface area contributed by atoms with Crippen molar-refractivity contribution in [3.8, 4) is 23.4 Å². The summed E-state index contributed by atoms with van der Waals surface area (Å²) < 4.78 is 46.5. The minimum absolute atomic E-state index is 0. The van der Waals surface area contributed by atoms with Gasteiger partial charge < -0.3 is 19.3 Å². The smallest absolute Gasteiger partial charge is 0.744 e. The van der Waals surface area contributed by atoms with Crippen LogP contribution >= 0.6 is 0 Å². The van der Waals surface area contributed by atoms with Crippen molar-refractivity contribution in [3.63, 3.8) is 0 Å². The number of rotatable bonds is 7. The molecular formula is C30H20N3NaO5S. The minimum Gasteiger partial charge on any atom is -0.744 e. The molecule has 0 saturated carbocycles. The molecule has 0 unspecified atom stereocenters. The molecule has 1 heterocycles. The molecule has 0 aliphatic rings. The van der Waals surface area contributed by atoms with E-state index in [0.717, 1.165) is 21.5 Å². The van der Waals surface area contributed by atoms with Crippen molar-refractivity contribution in [2.24, 2.45) is 0 Å². The molecule has 0 radical (unpaired) electrons. The van der Waals surface area contributed by atoms with E-state index in [9.17, 15) is 13.0 Å². The van der Waals surface area contributed by atoms with Gasteiger partial charge in [0.25, 0.3) is 0 Å². The minimum atomic E-state index is -4.62. The average Bonchev–Trinajstić information content (AvgIpc) is 2.92. The molecule has 1 aromatic heterocycles. The second kappa shape index (κ2) is 11.6. The molecular weight excluding hydrogens is 537 g/mol. The van der Waals surface area contributed by atoms with E-state index < -0.39 is 10.1 Å². The number of benzene rings is 5. The standard InChI is InChI=1S/C30H21N3O5S.Na/c34-39(35,36)27-11-5-10-24(18-27)31-28-19-29(37-25-14-12-20-6-1-3-8-22(20)16-25)33-30(32-28)38-26-15-13-21-7-2-4-9-23(21)17-26;/h1-19H,(H,31,32,33)(H,34,35,36);/q;+1/p-1. The molecule has 10 heteroatoms. The van der Waals surface area contributed by atoms with Gasteiger partial charge in [-0.3, -0.25) is 0 Å². The summed E-state index contributed by atoms with van der Waals surface area (Å²) in [7, 11) is -4.62. The van der Waals surface area contributed by atoms with Crippen molar-refractivity contribution >= 4 is 43.2 Å². The van der Waals surface area contributed by atoms with Crippen molar-refractivity contribution < 1.29 is 52.0 Å². The van der Waals surface area contributed by atoms with Crippen LogP contribution in [-0.4, -0.2) is 22.9 Å². The number of nitrogens with zero attached hydrogens (tertiary/aromatic N) is 2. The van der Waals surface area contributed by atoms with Gasteiger partial charge in [0.15, 0.2) is 0 Å². The first kappa shape index (κ1) is 27.6. The molecule has 0 spiro atoms. The molecule has 0 bridgehead atoms. The number of hydrogen-bond donors (Lipinski definition) is 1. The Labute approximate surface area is 252 Å². The van der Waals surface area contributed by atoms with Gasteiger partial charge in [0.2, 0.25) is 5.88 Å². The van der Waals surface area contributed by atoms with Crippen LogP contribution in [0.2, 0.25) is 0 Å². The molecule has 6 rings (SSSR count). The quantitative estimate of drug-likeness (QED) is 0.231. The zero-order valence-corrected chi connectivity index (χ0v) is 24.1. The van der Waals surface area contributed by atoms with Gasteiger partial charge in [-0.2, -0.15) is 9.97 Å². The van der Waals surface area contributed by atoms with E-state index in [2.05, 4.69) is 15.3 Å². The Balaban J connectivity index is 0.00000323. The number of hydrogen-bond acceptors (Lipinski definition) is 8. The van der Waals surface area contributed by atoms with Gasteiger partial charge in [-0.15, -0.1) is 0 Å². The van der Waals surface area contributed by atoms with Gasteiger partial charge in [-0.05, 0) is 64.0 Å². The van der Waals surface area contributed by atoms with Crippen LogP contribution < -0.4 is 44.3 Å². The van der Waals surface area contributed by atoms with E-state index in [4.69, 9.17) is 9.47 Å². The molecule has 0 saturated heterocycles. The van der Waals surface area contributed by atoms with Crippen LogP contribution in [0.15, 0.2) is 120 Å². The molecule has 6 aromatic rings. The molecule has 0 aliphatic carbocycles. The SMILES string of the molecule is O=S(=O)([O-])c1cccc(Nc2cc(Oc3ccc4ccccc4c3)nc(Oc3ccc4ccccc4c3)n2)c1.[Na+]. The normalized spacial score (nSPS) is 11.1. The summed E-state index contributed by atoms with van der Waals surface area (Å²) in [5.74, 6) is 1.57. The Hall–Kier alpha value is -3.99. The van der Waals surface area contributed by atoms with Crippen LogP contribution in [0.1, 0.15) is 0 Å². The third kappa shape index (κ3) is 6.41. The van der Waals surface area contributed by atoms with Gasteiger partial charge in [-0.25, -0.2) is 8.42 Å². The Morgan fingerprint density at radius 2 is 1.23 bits per heavy atom. The summed E-state index contributed by atoms with van der Waals surface area (Å²) in [6.45, 7) is 0. The van der Waals surface area contributed by atoms with Gasteiger partial charge in [0.1, 0.15) is 27.4 Å². The maximum atomic E-state index is 11.5. The van der Waals surface area contributed by atoms with E-state index >= 15 is 0 Å². The largest absolute Gasteiger partial charge is 1.00 e. The summed E-state index contributed by atoms with van der Waals surface area (Å²) in [6.07, 6.45) is 0. The first-order valence-corrected chi connectivity index (χ1v) is 13.4. The molecule has 192 valence electrons. The van der Waals surface area contributed by atoms with Crippen molar-refractivity contribution in [1.29, 1.82) is 0 Å². The molecule has 0 fully saturated rings. The van der Waals surface area contributed by atoms with Crippen molar-refractivity contribution in [2.75, 3.05) is 5.32 Å². The van der Waals surface area contributed by atoms with E-state index in [1.165, 1.54) is 18.2 Å². The first-order valence-electron chi connectivity index (χ1n) is 11.9. The predicted octanol–water partition coefficient (Wildman–Crippen LogP) is 4.02. The second-order valence-corrected chi connectivity index (χ2v) is 10.1. The summed E-state index contributed by atoms with van der Waals surface area (Å²) in [4.78, 5) is 8.52. The van der Waals surface area contributed by atoms with Crippen LogP contribution in [0.5, 0.6) is 23.4 Å². The first-order chi connectivity index (χ1) is 18.9. The fraction of sp³-hybridized carbons (Fsp3) is 0. The molecule has 40 heavy (non-hydrogen) atoms. The monoisotopic (exact) mass is 557 g/mol. The molecule has 0 amide bonds. The van der Waals surface area contributed by atoms with Crippen molar-refractivity contribution in [3.05, 3.63) is 115 Å². The van der Waals surface area contributed by atoms with E-state index in [-0.39, 0.29) is 52.2 Å². The molecule has 0 aliphatic heterocycles. The van der Waals surface area contributed by atoms with Crippen molar-refractivity contribution in [1.82, 2.24) is 9.97 Å². The maximum Gasteiger partial charge on any atom is 1.00 e. The van der Waals surface area contributed by atoms with E-state index in [1.807, 2.05) is 84.9 Å². The summed E-state index contributed by atoms with van der Waals surface area (Å²) in [5.41, 5.74) is 0.346. The molecule has 8 nitrogen and oxygen atoms in total. The molecule has 1 N–H and O–H groups in total. The summed E-state index contributed by atoms with van der Waals surface area (Å²) in [5, 5.41) is 7.15. The topological polar surface area (TPSA) is 113 Å². The number of nitrogens with one attached hydrogen (secondary N) is 1. The van der Waals surface area contributed by atoms with E-state index in [0.29, 0.717) is 17.2 Å². The van der Waals surface area contributed by atoms with Crippen LogP contribution in [-0.2, 0) is 10.1 Å². The summed E-state index contributed by atoms with van der Waals surface area (Å²) >= 11 is 0. The van der Waals surface area contributed by atoms with Gasteiger partial charge >= 0.3 is 35.6 Å². The average molecular weight is 558 g/mol. The van der Waals surface area contributed by atoms with Gasteiger partial charge in [-0.1, -0.05) is 66.7 Å². The number of aromatic nitrogens is 2. The second-order valence-electron chi connectivity index (χ2n) is 8.70. The van der Waals surface area contributed by atoms with E-state index in [1.54, 1.807) is 12.1 Å². The van der Waals surface area contributed by atoms with Crippen LogP contribution in [0.4, 0.5) is 11.5 Å². The van der Waals surface area contributed by atoms with Gasteiger partial charge in [0.05, 0.1) is 4.90 Å². The number of fused-ring (bicyclic) bond motifs is 2. The Morgan fingerprint density at radius 1 is 0.625 bits per heavy atom. The molecule has 5 aromatic carbocycles. The molecule has 0 atom stereocenters. The fourth-order valence-electron chi connectivity index (χ4n) is 4.13. The zero-order chi connectivity index (χ0) is 26.8. The Bertz CT molecular complexity index is 1850. The van der Waals surface area contributed by atoms with Gasteiger partial charge in [0, 0.05) is 11.8 Å². The zero-order valence-electron chi connectivity index (χ0n) is 21.3. The number of ether oxygens (including phenoxy) is 2. The predicted molar refractivity (Wildman–Crippen MR) is 148 cm³/mol. The fourth-order valence-corrected chi connectivity index (χ4v) is 4.65.